The predicted octanol–water partition coefficient (Wildman–Crippen LogP) is 4.94. The fraction of sp³-hybridized carbons (Fsp3) is 0.118. The molecule has 0 fully saturated rings. The van der Waals surface area contributed by atoms with E-state index in [0.717, 1.165) is 28.3 Å². The fourth-order valence-corrected chi connectivity index (χ4v) is 2.88. The molecule has 5 heteroatoms. The molecule has 22 heavy (non-hydrogen) atoms. The Balaban J connectivity index is 2.11. The molecule has 0 aliphatic rings. The van der Waals surface area contributed by atoms with E-state index >= 15 is 0 Å². The molecule has 0 aliphatic heterocycles. The standard InChI is InChI=1S/C17H14Cl2N2O/c1-22-14-9-7-12(8-10-14)16-15(11-18)17(19)21(20-16)13-5-3-2-4-6-13/h2-10H,11H2,1H3. The smallest absolute Gasteiger partial charge is 0.137 e. The van der Waals surface area contributed by atoms with Crippen LogP contribution in [0.1, 0.15) is 5.56 Å². The normalized spacial score (nSPS) is 10.7. The maximum absolute atomic E-state index is 6.46. The van der Waals surface area contributed by atoms with Gasteiger partial charge in [0.15, 0.2) is 0 Å². The lowest BCUT2D eigenvalue weighted by atomic mass is 10.1. The third-order valence-corrected chi connectivity index (χ3v) is 4.07. The van der Waals surface area contributed by atoms with Gasteiger partial charge in [-0.3, -0.25) is 0 Å². The van der Waals surface area contributed by atoms with Crippen molar-refractivity contribution >= 4 is 23.2 Å². The molecule has 1 aromatic heterocycles. The second-order valence-corrected chi connectivity index (χ2v) is 5.35. The van der Waals surface area contributed by atoms with Crippen molar-refractivity contribution < 1.29 is 4.74 Å². The summed E-state index contributed by atoms with van der Waals surface area (Å²) in [6, 6.07) is 17.4. The van der Waals surface area contributed by atoms with Crippen LogP contribution in [0, 0.1) is 0 Å². The average molecular weight is 333 g/mol. The maximum atomic E-state index is 6.46. The number of ether oxygens (including phenoxy) is 1. The summed E-state index contributed by atoms with van der Waals surface area (Å²) in [5.74, 6) is 1.09. The van der Waals surface area contributed by atoms with Gasteiger partial charge in [0.25, 0.3) is 0 Å². The quantitative estimate of drug-likeness (QED) is 0.632. The summed E-state index contributed by atoms with van der Waals surface area (Å²) >= 11 is 12.5. The summed E-state index contributed by atoms with van der Waals surface area (Å²) in [5.41, 5.74) is 3.45. The molecule has 112 valence electrons. The van der Waals surface area contributed by atoms with Crippen molar-refractivity contribution in [3.63, 3.8) is 0 Å². The van der Waals surface area contributed by atoms with E-state index in [0.29, 0.717) is 11.0 Å². The Bertz CT molecular complexity index is 767. The molecule has 0 aliphatic carbocycles. The molecule has 0 spiro atoms. The van der Waals surface area contributed by atoms with E-state index in [1.54, 1.807) is 11.8 Å². The Morgan fingerprint density at radius 1 is 1.05 bits per heavy atom. The van der Waals surface area contributed by atoms with Gasteiger partial charge in [-0.05, 0) is 36.4 Å². The van der Waals surface area contributed by atoms with Gasteiger partial charge in [-0.2, -0.15) is 5.10 Å². The van der Waals surface area contributed by atoms with Crippen molar-refractivity contribution in [2.24, 2.45) is 0 Å². The van der Waals surface area contributed by atoms with Crippen molar-refractivity contribution in [3.8, 4) is 22.7 Å². The zero-order valence-corrected chi connectivity index (χ0v) is 13.5. The molecule has 3 aromatic rings. The van der Waals surface area contributed by atoms with E-state index in [4.69, 9.17) is 27.9 Å². The van der Waals surface area contributed by atoms with Gasteiger partial charge in [-0.15, -0.1) is 11.6 Å². The van der Waals surface area contributed by atoms with E-state index in [9.17, 15) is 0 Å². The molecule has 0 radical (unpaired) electrons. The van der Waals surface area contributed by atoms with E-state index in [1.165, 1.54) is 0 Å². The molecule has 0 bridgehead atoms. The van der Waals surface area contributed by atoms with Crippen LogP contribution in [0.15, 0.2) is 54.6 Å². The van der Waals surface area contributed by atoms with E-state index in [-0.39, 0.29) is 0 Å². The molecule has 0 N–H and O–H groups in total. The maximum Gasteiger partial charge on any atom is 0.137 e. The zero-order valence-electron chi connectivity index (χ0n) is 12.0. The fourth-order valence-electron chi connectivity index (χ4n) is 2.27. The van der Waals surface area contributed by atoms with E-state index in [1.807, 2.05) is 54.6 Å². The highest BCUT2D eigenvalue weighted by molar-refractivity contribution is 6.32. The van der Waals surface area contributed by atoms with Gasteiger partial charge in [-0.1, -0.05) is 29.8 Å². The summed E-state index contributed by atoms with van der Waals surface area (Å²) in [5, 5.41) is 5.17. The number of rotatable bonds is 4. The van der Waals surface area contributed by atoms with Gasteiger partial charge in [0.1, 0.15) is 10.9 Å². The summed E-state index contributed by atoms with van der Waals surface area (Å²) in [7, 11) is 1.64. The molecule has 2 aromatic carbocycles. The Labute approximate surface area is 139 Å². The van der Waals surface area contributed by atoms with Crippen molar-refractivity contribution in [1.82, 2.24) is 9.78 Å². The lowest BCUT2D eigenvalue weighted by molar-refractivity contribution is 0.415. The van der Waals surface area contributed by atoms with Crippen LogP contribution in [-0.4, -0.2) is 16.9 Å². The second-order valence-electron chi connectivity index (χ2n) is 4.73. The van der Waals surface area contributed by atoms with Gasteiger partial charge >= 0.3 is 0 Å². The Morgan fingerprint density at radius 3 is 2.32 bits per heavy atom. The summed E-state index contributed by atoms with van der Waals surface area (Å²) in [4.78, 5) is 0. The molecule has 0 atom stereocenters. The number of aromatic nitrogens is 2. The molecular weight excluding hydrogens is 319 g/mol. The first-order valence-corrected chi connectivity index (χ1v) is 7.69. The Hall–Kier alpha value is -1.97. The molecule has 3 rings (SSSR count). The zero-order chi connectivity index (χ0) is 15.5. The first kappa shape index (κ1) is 14.9. The predicted molar refractivity (Wildman–Crippen MR) is 90.1 cm³/mol. The van der Waals surface area contributed by atoms with Crippen molar-refractivity contribution in [1.29, 1.82) is 0 Å². The minimum atomic E-state index is 0.299. The van der Waals surface area contributed by atoms with Gasteiger partial charge in [0, 0.05) is 11.1 Å². The SMILES string of the molecule is COc1ccc(-c2nn(-c3ccccc3)c(Cl)c2CCl)cc1. The van der Waals surface area contributed by atoms with Gasteiger partial charge in [0.2, 0.25) is 0 Å². The highest BCUT2D eigenvalue weighted by Gasteiger charge is 2.18. The number of para-hydroxylation sites is 1. The van der Waals surface area contributed by atoms with Crippen LogP contribution < -0.4 is 4.74 Å². The largest absolute Gasteiger partial charge is 0.497 e. The summed E-state index contributed by atoms with van der Waals surface area (Å²) < 4.78 is 6.89. The molecule has 0 saturated heterocycles. The number of hydrogen-bond acceptors (Lipinski definition) is 2. The van der Waals surface area contributed by atoms with Crippen LogP contribution >= 0.6 is 23.2 Å². The van der Waals surface area contributed by atoms with Crippen LogP contribution in [0.2, 0.25) is 5.15 Å². The third kappa shape index (κ3) is 2.70. The van der Waals surface area contributed by atoms with E-state index < -0.39 is 0 Å². The van der Waals surface area contributed by atoms with Crippen LogP contribution in [0.5, 0.6) is 5.75 Å². The summed E-state index contributed by atoms with van der Waals surface area (Å²) in [6.07, 6.45) is 0. The minimum Gasteiger partial charge on any atom is -0.497 e. The number of halogens is 2. The topological polar surface area (TPSA) is 27.1 Å². The number of alkyl halides is 1. The lowest BCUT2D eigenvalue weighted by Crippen LogP contribution is -1.96. The number of nitrogens with zero attached hydrogens (tertiary/aromatic N) is 2. The number of methoxy groups -OCH3 is 1. The van der Waals surface area contributed by atoms with Crippen LogP contribution in [-0.2, 0) is 5.88 Å². The van der Waals surface area contributed by atoms with Gasteiger partial charge in [-0.25, -0.2) is 4.68 Å². The van der Waals surface area contributed by atoms with Crippen LogP contribution in [0.3, 0.4) is 0 Å². The van der Waals surface area contributed by atoms with Crippen molar-refractivity contribution in [3.05, 3.63) is 65.3 Å². The van der Waals surface area contributed by atoms with E-state index in [2.05, 4.69) is 5.10 Å². The van der Waals surface area contributed by atoms with Crippen molar-refractivity contribution in [2.75, 3.05) is 7.11 Å². The second kappa shape index (κ2) is 6.42. The molecule has 3 nitrogen and oxygen atoms in total. The molecule has 0 amide bonds. The molecule has 0 unspecified atom stereocenters. The minimum absolute atomic E-state index is 0.299. The van der Waals surface area contributed by atoms with Gasteiger partial charge < -0.3 is 4.74 Å². The molecular formula is C17H14Cl2N2O. The first-order chi connectivity index (χ1) is 10.7. The Kier molecular flexibility index (Phi) is 4.36. The molecule has 1 heterocycles. The van der Waals surface area contributed by atoms with Crippen molar-refractivity contribution in [2.45, 2.75) is 5.88 Å². The van der Waals surface area contributed by atoms with Crippen LogP contribution in [0.25, 0.3) is 16.9 Å². The highest BCUT2D eigenvalue weighted by Crippen LogP contribution is 2.32. The average Bonchev–Trinajstić information content (AvgIpc) is 2.92. The van der Waals surface area contributed by atoms with Crippen LogP contribution in [0.4, 0.5) is 0 Å². The third-order valence-electron chi connectivity index (χ3n) is 3.42. The highest BCUT2D eigenvalue weighted by atomic mass is 35.5. The van der Waals surface area contributed by atoms with Gasteiger partial charge in [0.05, 0.1) is 24.4 Å². The summed E-state index contributed by atoms with van der Waals surface area (Å²) in [6.45, 7) is 0. The monoisotopic (exact) mass is 332 g/mol. The number of hydrogen-bond donors (Lipinski definition) is 0. The number of benzene rings is 2. The first-order valence-electron chi connectivity index (χ1n) is 6.78. The molecule has 0 saturated carbocycles. The Morgan fingerprint density at radius 2 is 1.73 bits per heavy atom. The lowest BCUT2D eigenvalue weighted by Gasteiger charge is -2.02.